The molecule has 0 N–H and O–H groups in total. The lowest BCUT2D eigenvalue weighted by atomic mass is 10.1. The van der Waals surface area contributed by atoms with E-state index in [-0.39, 0.29) is 5.76 Å². The van der Waals surface area contributed by atoms with Crippen LogP contribution in [0.5, 0.6) is 0 Å². The molecule has 8 heavy (non-hydrogen) atoms. The fraction of sp³-hybridized carbons (Fsp3) is 0.714. The van der Waals surface area contributed by atoms with E-state index in [0.29, 0.717) is 5.92 Å². The van der Waals surface area contributed by atoms with Gasteiger partial charge in [-0.1, -0.05) is 13.8 Å². The number of rotatable bonds is 2. The molecule has 0 amide bonds. The van der Waals surface area contributed by atoms with Crippen molar-refractivity contribution in [3.8, 4) is 0 Å². The second kappa shape index (κ2) is 3.53. The molecular weight excluding hydrogens is 100 g/mol. The summed E-state index contributed by atoms with van der Waals surface area (Å²) in [6.07, 6.45) is 2.64. The van der Waals surface area contributed by atoms with Crippen molar-refractivity contribution in [1.82, 2.24) is 0 Å². The molecular formula is C7H13O. The molecule has 1 radical (unpaired) electrons. The van der Waals surface area contributed by atoms with Gasteiger partial charge in [0.05, 0.1) is 0 Å². The number of hydrogen-bond donors (Lipinski definition) is 0. The first-order valence-corrected chi connectivity index (χ1v) is 2.96. The summed E-state index contributed by atoms with van der Waals surface area (Å²) in [4.78, 5) is 0. The van der Waals surface area contributed by atoms with Crippen LogP contribution >= 0.6 is 0 Å². The topological polar surface area (TPSA) is 19.9 Å². The normalized spacial score (nSPS) is 12.8. The second-order valence-electron chi connectivity index (χ2n) is 2.44. The molecule has 0 bridgehead atoms. The van der Waals surface area contributed by atoms with Crippen LogP contribution in [-0.2, 0) is 5.11 Å². The number of hydrogen-bond acceptors (Lipinski definition) is 0. The SMILES string of the molecule is C/C([O])=C\CC(C)C. The van der Waals surface area contributed by atoms with Crippen molar-refractivity contribution in [2.75, 3.05) is 0 Å². The van der Waals surface area contributed by atoms with Gasteiger partial charge in [-0.25, -0.2) is 0 Å². The van der Waals surface area contributed by atoms with Gasteiger partial charge in [-0.2, -0.15) is 0 Å². The quantitative estimate of drug-likeness (QED) is 0.490. The fourth-order valence-corrected chi connectivity index (χ4v) is 0.402. The van der Waals surface area contributed by atoms with Crippen LogP contribution in [0.3, 0.4) is 0 Å². The van der Waals surface area contributed by atoms with Crippen LogP contribution in [0.2, 0.25) is 0 Å². The fourth-order valence-electron chi connectivity index (χ4n) is 0.402. The molecule has 0 rings (SSSR count). The molecule has 1 heteroatoms. The monoisotopic (exact) mass is 113 g/mol. The summed E-state index contributed by atoms with van der Waals surface area (Å²) in [6, 6.07) is 0. The maximum Gasteiger partial charge on any atom is 0.148 e. The molecule has 0 aromatic carbocycles. The molecule has 1 nitrogen and oxygen atoms in total. The summed E-state index contributed by atoms with van der Waals surface area (Å²) in [5, 5.41) is 10.3. The van der Waals surface area contributed by atoms with Crippen LogP contribution in [0.1, 0.15) is 27.2 Å². The summed E-state index contributed by atoms with van der Waals surface area (Å²) in [6.45, 7) is 5.78. The highest BCUT2D eigenvalue weighted by atomic mass is 16.3. The van der Waals surface area contributed by atoms with Crippen LogP contribution < -0.4 is 0 Å². The smallest absolute Gasteiger partial charge is 0.148 e. The van der Waals surface area contributed by atoms with E-state index in [4.69, 9.17) is 0 Å². The maximum absolute atomic E-state index is 10.3. The zero-order chi connectivity index (χ0) is 6.57. The van der Waals surface area contributed by atoms with Gasteiger partial charge in [0.25, 0.3) is 0 Å². The van der Waals surface area contributed by atoms with E-state index in [1.54, 1.807) is 13.0 Å². The van der Waals surface area contributed by atoms with Gasteiger partial charge < -0.3 is 0 Å². The zero-order valence-corrected chi connectivity index (χ0v) is 5.77. The summed E-state index contributed by atoms with van der Waals surface area (Å²) < 4.78 is 0. The Labute approximate surface area is 51.0 Å². The van der Waals surface area contributed by atoms with Crippen molar-refractivity contribution < 1.29 is 5.11 Å². The highest BCUT2D eigenvalue weighted by Crippen LogP contribution is 2.01. The molecule has 0 aromatic heterocycles. The van der Waals surface area contributed by atoms with Gasteiger partial charge >= 0.3 is 0 Å². The first-order chi connectivity index (χ1) is 3.63. The largest absolute Gasteiger partial charge is 0.296 e. The van der Waals surface area contributed by atoms with Crippen LogP contribution in [0.15, 0.2) is 11.8 Å². The second-order valence-corrected chi connectivity index (χ2v) is 2.44. The van der Waals surface area contributed by atoms with Crippen molar-refractivity contribution in [3.63, 3.8) is 0 Å². The van der Waals surface area contributed by atoms with Crippen LogP contribution in [0.4, 0.5) is 0 Å². The van der Waals surface area contributed by atoms with Gasteiger partial charge in [-0.05, 0) is 25.3 Å². The summed E-state index contributed by atoms with van der Waals surface area (Å²) >= 11 is 0. The van der Waals surface area contributed by atoms with Crippen LogP contribution in [0.25, 0.3) is 0 Å². The Bertz CT molecular complexity index is 78.4. The van der Waals surface area contributed by atoms with Gasteiger partial charge in [0.15, 0.2) is 0 Å². The van der Waals surface area contributed by atoms with Crippen LogP contribution in [0, 0.1) is 5.92 Å². The Morgan fingerprint density at radius 2 is 2.12 bits per heavy atom. The molecule has 0 aromatic rings. The van der Waals surface area contributed by atoms with Crippen molar-refractivity contribution in [2.45, 2.75) is 27.2 Å². The highest BCUT2D eigenvalue weighted by molar-refractivity contribution is 4.85. The molecule has 0 aliphatic carbocycles. The predicted octanol–water partition coefficient (Wildman–Crippen LogP) is 2.37. The summed E-state index contributed by atoms with van der Waals surface area (Å²) in [5.41, 5.74) is 0. The van der Waals surface area contributed by atoms with Crippen molar-refractivity contribution in [1.29, 1.82) is 0 Å². The minimum atomic E-state index is 0.179. The van der Waals surface area contributed by atoms with Gasteiger partial charge in [-0.15, -0.1) is 0 Å². The summed E-state index contributed by atoms with van der Waals surface area (Å²) in [7, 11) is 0. The third kappa shape index (κ3) is 5.54. The third-order valence-corrected chi connectivity index (χ3v) is 0.877. The predicted molar refractivity (Wildman–Crippen MR) is 33.9 cm³/mol. The van der Waals surface area contributed by atoms with E-state index in [1.165, 1.54) is 0 Å². The Hall–Kier alpha value is -0.460. The van der Waals surface area contributed by atoms with E-state index in [0.717, 1.165) is 6.42 Å². The average molecular weight is 113 g/mol. The molecule has 0 aliphatic heterocycles. The first-order valence-electron chi connectivity index (χ1n) is 2.96. The molecule has 0 spiro atoms. The molecule has 0 atom stereocenters. The van der Waals surface area contributed by atoms with Crippen molar-refractivity contribution in [3.05, 3.63) is 11.8 Å². The van der Waals surface area contributed by atoms with Gasteiger partial charge in [0, 0.05) is 0 Å². The molecule has 0 unspecified atom stereocenters. The standard InChI is InChI=1S/C7H13O/c1-6(2)4-5-7(3)8/h5-6H,4H2,1-3H3/b7-5+. The Morgan fingerprint density at radius 3 is 2.25 bits per heavy atom. The van der Waals surface area contributed by atoms with Gasteiger partial charge in [0.1, 0.15) is 5.76 Å². The molecule has 0 saturated carbocycles. The molecule has 0 aliphatic rings. The Kier molecular flexibility index (Phi) is 3.33. The minimum absolute atomic E-state index is 0.179. The van der Waals surface area contributed by atoms with E-state index in [1.807, 2.05) is 0 Å². The maximum atomic E-state index is 10.3. The Balaban J connectivity index is 3.29. The lowest BCUT2D eigenvalue weighted by Gasteiger charge is -1.94. The first kappa shape index (κ1) is 7.54. The zero-order valence-electron chi connectivity index (χ0n) is 5.77. The summed E-state index contributed by atoms with van der Waals surface area (Å²) in [5.74, 6) is 0.789. The molecule has 47 valence electrons. The Morgan fingerprint density at radius 1 is 1.62 bits per heavy atom. The molecule has 0 saturated heterocycles. The average Bonchev–Trinajstić information content (AvgIpc) is 1.61. The highest BCUT2D eigenvalue weighted by Gasteiger charge is 1.89. The minimum Gasteiger partial charge on any atom is -0.296 e. The number of allylic oxidation sites excluding steroid dienone is 2. The van der Waals surface area contributed by atoms with Gasteiger partial charge in [0.2, 0.25) is 0 Å². The van der Waals surface area contributed by atoms with E-state index >= 15 is 0 Å². The van der Waals surface area contributed by atoms with E-state index < -0.39 is 0 Å². The van der Waals surface area contributed by atoms with E-state index in [2.05, 4.69) is 13.8 Å². The van der Waals surface area contributed by atoms with Crippen LogP contribution in [-0.4, -0.2) is 0 Å². The van der Waals surface area contributed by atoms with Crippen molar-refractivity contribution >= 4 is 0 Å². The molecule has 0 heterocycles. The molecule has 0 fully saturated rings. The van der Waals surface area contributed by atoms with Gasteiger partial charge in [-0.3, -0.25) is 5.11 Å². The van der Waals surface area contributed by atoms with E-state index in [9.17, 15) is 5.11 Å². The lowest BCUT2D eigenvalue weighted by Crippen LogP contribution is -1.82. The lowest BCUT2D eigenvalue weighted by molar-refractivity contribution is 0.297. The third-order valence-electron chi connectivity index (χ3n) is 0.877. The van der Waals surface area contributed by atoms with Crippen molar-refractivity contribution in [2.24, 2.45) is 5.92 Å².